The van der Waals surface area contributed by atoms with Crippen LogP contribution < -0.4 is 15.4 Å². The Morgan fingerprint density at radius 2 is 2.32 bits per heavy atom. The van der Waals surface area contributed by atoms with Crippen molar-refractivity contribution in [3.63, 3.8) is 0 Å². The van der Waals surface area contributed by atoms with E-state index in [0.717, 1.165) is 12.0 Å². The van der Waals surface area contributed by atoms with E-state index in [4.69, 9.17) is 4.74 Å². The van der Waals surface area contributed by atoms with Crippen LogP contribution in [0.4, 0.5) is 4.39 Å². The molecular weight excluding hydrogens is 247 g/mol. The maximum absolute atomic E-state index is 13.9. The van der Waals surface area contributed by atoms with Crippen molar-refractivity contribution >= 4 is 5.91 Å². The number of carbonyl (C=O) groups is 1. The van der Waals surface area contributed by atoms with Crippen LogP contribution in [0.1, 0.15) is 24.0 Å². The minimum absolute atomic E-state index is 0.0888. The zero-order valence-electron chi connectivity index (χ0n) is 11.3. The monoisotopic (exact) mass is 266 g/mol. The van der Waals surface area contributed by atoms with Crippen molar-refractivity contribution < 1.29 is 13.9 Å². The SMILES string of the molecule is COc1cc(C)cc(F)c1CNC[C@H]1CCC(=O)N1. The lowest BCUT2D eigenvalue weighted by atomic mass is 10.1. The minimum atomic E-state index is -0.264. The number of ether oxygens (including phenoxy) is 1. The van der Waals surface area contributed by atoms with Gasteiger partial charge in [0, 0.05) is 31.1 Å². The second-order valence-electron chi connectivity index (χ2n) is 4.86. The van der Waals surface area contributed by atoms with Gasteiger partial charge in [-0.05, 0) is 31.0 Å². The predicted molar refractivity (Wildman–Crippen MR) is 70.6 cm³/mol. The number of benzene rings is 1. The van der Waals surface area contributed by atoms with Gasteiger partial charge in [0.25, 0.3) is 0 Å². The Bertz CT molecular complexity index is 477. The van der Waals surface area contributed by atoms with Gasteiger partial charge in [-0.3, -0.25) is 4.79 Å². The van der Waals surface area contributed by atoms with Crippen molar-refractivity contribution in [3.05, 3.63) is 29.1 Å². The van der Waals surface area contributed by atoms with Crippen molar-refractivity contribution in [2.24, 2.45) is 0 Å². The summed E-state index contributed by atoms with van der Waals surface area (Å²) in [6, 6.07) is 3.46. The molecule has 1 aromatic rings. The Kier molecular flexibility index (Phi) is 4.37. The molecular formula is C14H19FN2O2. The van der Waals surface area contributed by atoms with Gasteiger partial charge >= 0.3 is 0 Å². The van der Waals surface area contributed by atoms with Crippen molar-refractivity contribution in [2.45, 2.75) is 32.4 Å². The van der Waals surface area contributed by atoms with Gasteiger partial charge in [-0.1, -0.05) is 0 Å². The Balaban J connectivity index is 1.93. The summed E-state index contributed by atoms with van der Waals surface area (Å²) in [6.45, 7) is 2.86. The quantitative estimate of drug-likeness (QED) is 0.849. The summed E-state index contributed by atoms with van der Waals surface area (Å²) in [5.41, 5.74) is 1.36. The van der Waals surface area contributed by atoms with Gasteiger partial charge in [-0.15, -0.1) is 0 Å². The van der Waals surface area contributed by atoms with E-state index in [2.05, 4.69) is 10.6 Å². The fourth-order valence-electron chi connectivity index (χ4n) is 2.30. The van der Waals surface area contributed by atoms with Gasteiger partial charge in [-0.2, -0.15) is 0 Å². The topological polar surface area (TPSA) is 50.4 Å². The standard InChI is InChI=1S/C14H19FN2O2/c1-9-5-12(15)11(13(6-9)19-2)8-16-7-10-3-4-14(18)17-10/h5-6,10,16H,3-4,7-8H2,1-2H3,(H,17,18)/t10-/m1/s1. The molecule has 0 saturated carbocycles. The van der Waals surface area contributed by atoms with Crippen LogP contribution in [0.15, 0.2) is 12.1 Å². The molecule has 0 radical (unpaired) electrons. The van der Waals surface area contributed by atoms with Crippen LogP contribution in [0.5, 0.6) is 5.75 Å². The first-order valence-corrected chi connectivity index (χ1v) is 6.43. The van der Waals surface area contributed by atoms with E-state index in [1.807, 2.05) is 13.0 Å². The smallest absolute Gasteiger partial charge is 0.220 e. The van der Waals surface area contributed by atoms with Crippen LogP contribution in [0, 0.1) is 12.7 Å². The molecule has 104 valence electrons. The third-order valence-corrected chi connectivity index (χ3v) is 3.30. The lowest BCUT2D eigenvalue weighted by Crippen LogP contribution is -2.35. The molecule has 2 N–H and O–H groups in total. The first-order chi connectivity index (χ1) is 9.10. The minimum Gasteiger partial charge on any atom is -0.496 e. The summed E-state index contributed by atoms with van der Waals surface area (Å²) in [6.07, 6.45) is 1.41. The molecule has 1 amide bonds. The molecule has 1 saturated heterocycles. The number of halogens is 1. The number of hydrogen-bond donors (Lipinski definition) is 2. The normalized spacial score (nSPS) is 18.5. The molecule has 0 bridgehead atoms. The number of hydrogen-bond acceptors (Lipinski definition) is 3. The van der Waals surface area contributed by atoms with Gasteiger partial charge < -0.3 is 15.4 Å². The molecule has 0 aromatic heterocycles. The zero-order chi connectivity index (χ0) is 13.8. The van der Waals surface area contributed by atoms with Crippen molar-refractivity contribution in [1.82, 2.24) is 10.6 Å². The van der Waals surface area contributed by atoms with Crippen LogP contribution in [0.25, 0.3) is 0 Å². The van der Waals surface area contributed by atoms with E-state index in [0.29, 0.717) is 30.8 Å². The molecule has 4 nitrogen and oxygen atoms in total. The van der Waals surface area contributed by atoms with E-state index in [1.165, 1.54) is 13.2 Å². The highest BCUT2D eigenvalue weighted by molar-refractivity contribution is 5.78. The lowest BCUT2D eigenvalue weighted by molar-refractivity contribution is -0.119. The van der Waals surface area contributed by atoms with Crippen molar-refractivity contribution in [3.8, 4) is 5.75 Å². The predicted octanol–water partition coefficient (Wildman–Crippen LogP) is 1.51. The third kappa shape index (κ3) is 3.44. The van der Waals surface area contributed by atoms with Gasteiger partial charge in [0.1, 0.15) is 11.6 Å². The van der Waals surface area contributed by atoms with Crippen LogP contribution in [-0.2, 0) is 11.3 Å². The van der Waals surface area contributed by atoms with Crippen molar-refractivity contribution in [1.29, 1.82) is 0 Å². The molecule has 0 aliphatic carbocycles. The third-order valence-electron chi connectivity index (χ3n) is 3.30. The van der Waals surface area contributed by atoms with E-state index < -0.39 is 0 Å². The second-order valence-corrected chi connectivity index (χ2v) is 4.86. The molecule has 1 atom stereocenters. The van der Waals surface area contributed by atoms with Crippen molar-refractivity contribution in [2.75, 3.05) is 13.7 Å². The highest BCUT2D eigenvalue weighted by Crippen LogP contribution is 2.23. The summed E-state index contributed by atoms with van der Waals surface area (Å²) >= 11 is 0. The number of nitrogens with one attached hydrogen (secondary N) is 2. The molecule has 0 spiro atoms. The van der Waals surface area contributed by atoms with Crippen LogP contribution >= 0.6 is 0 Å². The van der Waals surface area contributed by atoms with Gasteiger partial charge in [0.15, 0.2) is 0 Å². The number of aryl methyl sites for hydroxylation is 1. The first-order valence-electron chi connectivity index (χ1n) is 6.43. The van der Waals surface area contributed by atoms with Crippen LogP contribution in [-0.4, -0.2) is 25.6 Å². The highest BCUT2D eigenvalue weighted by Gasteiger charge is 2.20. The van der Waals surface area contributed by atoms with E-state index in [1.54, 1.807) is 0 Å². The molecule has 0 unspecified atom stereocenters. The van der Waals surface area contributed by atoms with Crippen LogP contribution in [0.3, 0.4) is 0 Å². The average molecular weight is 266 g/mol. The molecule has 19 heavy (non-hydrogen) atoms. The largest absolute Gasteiger partial charge is 0.496 e. The van der Waals surface area contributed by atoms with Gasteiger partial charge in [0.05, 0.1) is 7.11 Å². The summed E-state index contributed by atoms with van der Waals surface area (Å²) in [5, 5.41) is 6.03. The summed E-state index contributed by atoms with van der Waals surface area (Å²) in [4.78, 5) is 11.1. The molecule has 5 heteroatoms. The molecule has 1 fully saturated rings. The Morgan fingerprint density at radius 1 is 1.53 bits per heavy atom. The maximum atomic E-state index is 13.9. The van der Waals surface area contributed by atoms with Crippen LogP contribution in [0.2, 0.25) is 0 Å². The molecule has 1 aliphatic rings. The number of amides is 1. The average Bonchev–Trinajstić information content (AvgIpc) is 2.77. The second kappa shape index (κ2) is 6.02. The molecule has 1 aliphatic heterocycles. The van der Waals surface area contributed by atoms with E-state index in [9.17, 15) is 9.18 Å². The van der Waals surface area contributed by atoms with Gasteiger partial charge in [-0.25, -0.2) is 4.39 Å². The summed E-state index contributed by atoms with van der Waals surface area (Å²) < 4.78 is 19.1. The lowest BCUT2D eigenvalue weighted by Gasteiger charge is -2.14. The molecule has 2 rings (SSSR count). The van der Waals surface area contributed by atoms with E-state index >= 15 is 0 Å². The Hall–Kier alpha value is -1.62. The summed E-state index contributed by atoms with van der Waals surface area (Å²) in [7, 11) is 1.54. The summed E-state index contributed by atoms with van der Waals surface area (Å²) in [5.74, 6) is 0.381. The first kappa shape index (κ1) is 13.8. The Morgan fingerprint density at radius 3 is 2.95 bits per heavy atom. The fraction of sp³-hybridized carbons (Fsp3) is 0.500. The number of methoxy groups -OCH3 is 1. The highest BCUT2D eigenvalue weighted by atomic mass is 19.1. The number of rotatable bonds is 5. The maximum Gasteiger partial charge on any atom is 0.220 e. The fourth-order valence-corrected chi connectivity index (χ4v) is 2.30. The zero-order valence-corrected chi connectivity index (χ0v) is 11.3. The number of carbonyl (C=O) groups excluding carboxylic acids is 1. The van der Waals surface area contributed by atoms with E-state index in [-0.39, 0.29) is 17.8 Å². The Labute approximate surface area is 112 Å². The molecule has 1 aromatic carbocycles. The molecule has 1 heterocycles. The van der Waals surface area contributed by atoms with Gasteiger partial charge in [0.2, 0.25) is 5.91 Å².